The van der Waals surface area contributed by atoms with E-state index in [0.29, 0.717) is 11.3 Å². The molecule has 0 saturated carbocycles. The molecule has 2 heterocycles. The Kier molecular flexibility index (Phi) is 5.08. The first-order valence-corrected chi connectivity index (χ1v) is 8.06. The summed E-state index contributed by atoms with van der Waals surface area (Å²) in [4.78, 5) is 21.3. The van der Waals surface area contributed by atoms with Gasteiger partial charge in [-0.15, -0.1) is 0 Å². The van der Waals surface area contributed by atoms with E-state index in [2.05, 4.69) is 27.1 Å². The summed E-state index contributed by atoms with van der Waals surface area (Å²) >= 11 is 0. The molecule has 0 radical (unpaired) electrons. The quantitative estimate of drug-likeness (QED) is 0.893. The van der Waals surface area contributed by atoms with Crippen LogP contribution in [0.15, 0.2) is 42.6 Å². The number of hydrogen-bond donors (Lipinski definition) is 2. The molecule has 0 spiro atoms. The number of aliphatic hydroxyl groups excluding tert-OH is 1. The molecule has 1 aromatic carbocycles. The van der Waals surface area contributed by atoms with Crippen molar-refractivity contribution in [3.63, 3.8) is 0 Å². The summed E-state index contributed by atoms with van der Waals surface area (Å²) in [7, 11) is 2.11. The van der Waals surface area contributed by atoms with Gasteiger partial charge in [-0.25, -0.2) is 4.98 Å². The van der Waals surface area contributed by atoms with Gasteiger partial charge in [-0.05, 0) is 36.9 Å². The lowest BCUT2D eigenvalue weighted by atomic mass is 10.2. The van der Waals surface area contributed by atoms with Crippen LogP contribution in [0.5, 0.6) is 0 Å². The predicted octanol–water partition coefficient (Wildman–Crippen LogP) is 1.58. The highest BCUT2D eigenvalue weighted by molar-refractivity contribution is 6.04. The Labute approximate surface area is 141 Å². The van der Waals surface area contributed by atoms with E-state index >= 15 is 0 Å². The molecular formula is C18H22N4O2. The van der Waals surface area contributed by atoms with Crippen LogP contribution in [0.1, 0.15) is 15.9 Å². The van der Waals surface area contributed by atoms with Crippen LogP contribution >= 0.6 is 0 Å². The van der Waals surface area contributed by atoms with E-state index in [0.717, 1.165) is 37.6 Å². The number of pyridine rings is 1. The van der Waals surface area contributed by atoms with Gasteiger partial charge < -0.3 is 20.2 Å². The van der Waals surface area contributed by atoms with Crippen molar-refractivity contribution < 1.29 is 9.90 Å². The number of rotatable bonds is 4. The zero-order valence-corrected chi connectivity index (χ0v) is 13.8. The summed E-state index contributed by atoms with van der Waals surface area (Å²) in [5.41, 5.74) is 2.01. The average molecular weight is 326 g/mol. The van der Waals surface area contributed by atoms with Crippen molar-refractivity contribution in [3.8, 4) is 0 Å². The third-order valence-corrected chi connectivity index (χ3v) is 4.20. The number of aliphatic hydroxyl groups is 1. The number of hydrogen-bond acceptors (Lipinski definition) is 5. The Bertz CT molecular complexity index is 712. The van der Waals surface area contributed by atoms with Crippen LogP contribution in [0.2, 0.25) is 0 Å². The van der Waals surface area contributed by atoms with Crippen molar-refractivity contribution >= 4 is 17.4 Å². The van der Waals surface area contributed by atoms with E-state index < -0.39 is 0 Å². The van der Waals surface area contributed by atoms with Crippen LogP contribution in [0.4, 0.5) is 11.5 Å². The van der Waals surface area contributed by atoms with Gasteiger partial charge in [0.1, 0.15) is 5.82 Å². The number of anilines is 2. The highest BCUT2D eigenvalue weighted by atomic mass is 16.3. The van der Waals surface area contributed by atoms with Crippen molar-refractivity contribution in [2.75, 3.05) is 43.4 Å². The molecule has 126 valence electrons. The standard InChI is InChI=1S/C18H22N4O2/c1-21-7-9-22(10-8-21)17-12-15(5-6-19-17)18(24)20-16-4-2-3-14(11-16)13-23/h2-6,11-12,23H,7-10,13H2,1H3,(H,20,24). The summed E-state index contributed by atoms with van der Waals surface area (Å²) in [5, 5.41) is 12.0. The van der Waals surface area contributed by atoms with Crippen molar-refractivity contribution in [2.24, 2.45) is 0 Å². The summed E-state index contributed by atoms with van der Waals surface area (Å²) < 4.78 is 0. The highest BCUT2D eigenvalue weighted by Gasteiger charge is 2.16. The lowest BCUT2D eigenvalue weighted by Crippen LogP contribution is -2.44. The number of likely N-dealkylation sites (N-methyl/N-ethyl adjacent to an activating group) is 1. The van der Waals surface area contributed by atoms with Crippen LogP contribution < -0.4 is 10.2 Å². The molecule has 24 heavy (non-hydrogen) atoms. The number of carbonyl (C=O) groups excluding carboxylic acids is 1. The van der Waals surface area contributed by atoms with Crippen LogP contribution in [0, 0.1) is 0 Å². The maximum absolute atomic E-state index is 12.5. The molecule has 1 fully saturated rings. The largest absolute Gasteiger partial charge is 0.392 e. The van der Waals surface area contributed by atoms with Crippen LogP contribution in [0.25, 0.3) is 0 Å². The second-order valence-electron chi connectivity index (χ2n) is 6.01. The number of aromatic nitrogens is 1. The third kappa shape index (κ3) is 3.90. The second-order valence-corrected chi connectivity index (χ2v) is 6.01. The van der Waals surface area contributed by atoms with Crippen LogP contribution in [-0.2, 0) is 6.61 Å². The van der Waals surface area contributed by atoms with Crippen LogP contribution in [-0.4, -0.2) is 54.1 Å². The summed E-state index contributed by atoms with van der Waals surface area (Å²) in [6, 6.07) is 10.7. The Morgan fingerprint density at radius 1 is 1.21 bits per heavy atom. The fourth-order valence-electron chi connectivity index (χ4n) is 2.72. The molecule has 0 atom stereocenters. The summed E-state index contributed by atoms with van der Waals surface area (Å²) in [6.45, 7) is 3.75. The molecule has 1 saturated heterocycles. The Morgan fingerprint density at radius 3 is 2.75 bits per heavy atom. The monoisotopic (exact) mass is 326 g/mol. The van der Waals surface area contributed by atoms with E-state index in [4.69, 9.17) is 0 Å². The second kappa shape index (κ2) is 7.42. The first-order chi connectivity index (χ1) is 11.7. The van der Waals surface area contributed by atoms with Crippen LogP contribution in [0.3, 0.4) is 0 Å². The molecule has 2 N–H and O–H groups in total. The highest BCUT2D eigenvalue weighted by Crippen LogP contribution is 2.17. The molecular weight excluding hydrogens is 304 g/mol. The minimum Gasteiger partial charge on any atom is -0.392 e. The summed E-state index contributed by atoms with van der Waals surface area (Å²) in [5.74, 6) is 0.655. The van der Waals surface area contributed by atoms with Gasteiger partial charge in [0.25, 0.3) is 5.91 Å². The van der Waals surface area contributed by atoms with E-state index in [1.165, 1.54) is 0 Å². The summed E-state index contributed by atoms with van der Waals surface area (Å²) in [6.07, 6.45) is 1.67. The number of nitrogens with zero attached hydrogens (tertiary/aromatic N) is 3. The average Bonchev–Trinajstić information content (AvgIpc) is 2.62. The van der Waals surface area contributed by atoms with E-state index in [-0.39, 0.29) is 12.5 Å². The predicted molar refractivity (Wildman–Crippen MR) is 94.3 cm³/mol. The van der Waals surface area contributed by atoms with Gasteiger partial charge in [-0.1, -0.05) is 12.1 Å². The van der Waals surface area contributed by atoms with Crippen molar-refractivity contribution in [1.82, 2.24) is 9.88 Å². The number of carbonyl (C=O) groups is 1. The number of amides is 1. The molecule has 3 rings (SSSR count). The smallest absolute Gasteiger partial charge is 0.255 e. The van der Waals surface area contributed by atoms with Gasteiger partial charge >= 0.3 is 0 Å². The molecule has 2 aromatic rings. The lowest BCUT2D eigenvalue weighted by molar-refractivity contribution is 0.102. The first kappa shape index (κ1) is 16.4. The van der Waals surface area contributed by atoms with E-state index in [9.17, 15) is 9.90 Å². The third-order valence-electron chi connectivity index (χ3n) is 4.20. The lowest BCUT2D eigenvalue weighted by Gasteiger charge is -2.33. The molecule has 1 aliphatic heterocycles. The van der Waals surface area contributed by atoms with E-state index in [1.807, 2.05) is 18.2 Å². The van der Waals surface area contributed by atoms with E-state index in [1.54, 1.807) is 24.4 Å². The Morgan fingerprint density at radius 2 is 2.00 bits per heavy atom. The number of benzene rings is 1. The molecule has 1 amide bonds. The molecule has 1 aromatic heterocycles. The molecule has 0 bridgehead atoms. The van der Waals surface area contributed by atoms with Crippen molar-refractivity contribution in [2.45, 2.75) is 6.61 Å². The number of nitrogens with one attached hydrogen (secondary N) is 1. The molecule has 0 unspecified atom stereocenters. The van der Waals surface area contributed by atoms with Crippen molar-refractivity contribution in [3.05, 3.63) is 53.7 Å². The van der Waals surface area contributed by atoms with Gasteiger partial charge in [0.2, 0.25) is 0 Å². The SMILES string of the molecule is CN1CCN(c2cc(C(=O)Nc3cccc(CO)c3)ccn2)CC1. The first-order valence-electron chi connectivity index (χ1n) is 8.06. The molecule has 6 heteroatoms. The minimum absolute atomic E-state index is 0.0491. The number of piperazine rings is 1. The molecule has 1 aliphatic rings. The minimum atomic E-state index is -0.178. The Balaban J connectivity index is 1.72. The normalized spacial score (nSPS) is 15.3. The van der Waals surface area contributed by atoms with Gasteiger partial charge in [0, 0.05) is 43.6 Å². The zero-order chi connectivity index (χ0) is 16.9. The topological polar surface area (TPSA) is 68.7 Å². The van der Waals surface area contributed by atoms with Gasteiger partial charge in [0.05, 0.1) is 6.61 Å². The van der Waals surface area contributed by atoms with Gasteiger partial charge in [-0.3, -0.25) is 4.79 Å². The van der Waals surface area contributed by atoms with Gasteiger partial charge in [0.15, 0.2) is 0 Å². The van der Waals surface area contributed by atoms with Gasteiger partial charge in [-0.2, -0.15) is 0 Å². The molecule has 0 aliphatic carbocycles. The Hall–Kier alpha value is -2.44. The zero-order valence-electron chi connectivity index (χ0n) is 13.8. The fourth-order valence-corrected chi connectivity index (χ4v) is 2.72. The maximum Gasteiger partial charge on any atom is 0.255 e. The fraction of sp³-hybridized carbons (Fsp3) is 0.333. The van der Waals surface area contributed by atoms with Crippen molar-refractivity contribution in [1.29, 1.82) is 0 Å². The molecule has 6 nitrogen and oxygen atoms in total. The maximum atomic E-state index is 12.5.